The number of esters is 2. The third kappa shape index (κ3) is 17.5. The maximum atomic E-state index is 13.7. The lowest BCUT2D eigenvalue weighted by atomic mass is 9.96. The summed E-state index contributed by atoms with van der Waals surface area (Å²) < 4.78 is 21.5. The molecule has 55 heavy (non-hydrogen) atoms. The lowest BCUT2D eigenvalue weighted by Gasteiger charge is -2.33. The van der Waals surface area contributed by atoms with Crippen LogP contribution in [0.3, 0.4) is 0 Å². The van der Waals surface area contributed by atoms with E-state index in [9.17, 15) is 28.8 Å². The Hall–Kier alpha value is -4.73. The molecule has 1 heterocycles. The average molecular weight is 790 g/mol. The number of nitrogens with one attached hydrogen (secondary N) is 3. The number of nitrogens with zero attached hydrogens (tertiary/aromatic N) is 2. The summed E-state index contributed by atoms with van der Waals surface area (Å²) in [4.78, 5) is 83.0. The van der Waals surface area contributed by atoms with Crippen molar-refractivity contribution in [3.63, 3.8) is 0 Å². The molecule has 0 aliphatic carbocycles. The zero-order chi connectivity index (χ0) is 41.5. The van der Waals surface area contributed by atoms with Gasteiger partial charge in [-0.15, -0.1) is 11.3 Å². The normalized spacial score (nSPS) is 13.7. The maximum Gasteiger partial charge on any atom is 0.408 e. The molecule has 0 bridgehead atoms. The van der Waals surface area contributed by atoms with Gasteiger partial charge in [0.15, 0.2) is 6.10 Å². The Morgan fingerprint density at radius 1 is 0.855 bits per heavy atom. The SMILES string of the molecule is CCOC(=O)C(C)C[C@H](Cc1ccccc1)NC(=O)c1csc(C(CC(C(C)C)N(C)C(=O)CNC(=O)OC(C)(C)C)OC(=O)CNC(=O)OC(C)(C)C)n1. The van der Waals surface area contributed by atoms with E-state index >= 15 is 0 Å². The van der Waals surface area contributed by atoms with Crippen molar-refractivity contribution >= 4 is 47.3 Å². The molecule has 2 aromatic rings. The molecule has 0 fully saturated rings. The van der Waals surface area contributed by atoms with Crippen molar-refractivity contribution in [2.75, 3.05) is 26.7 Å². The summed E-state index contributed by atoms with van der Waals surface area (Å²) in [7, 11) is 1.58. The van der Waals surface area contributed by atoms with Crippen molar-refractivity contribution in [2.24, 2.45) is 11.8 Å². The van der Waals surface area contributed by atoms with Gasteiger partial charge in [0, 0.05) is 30.9 Å². The van der Waals surface area contributed by atoms with E-state index < -0.39 is 71.8 Å². The third-order valence-electron chi connectivity index (χ3n) is 7.97. The molecule has 2 rings (SSSR count). The van der Waals surface area contributed by atoms with Crippen molar-refractivity contribution in [3.8, 4) is 0 Å². The summed E-state index contributed by atoms with van der Waals surface area (Å²) >= 11 is 1.10. The summed E-state index contributed by atoms with van der Waals surface area (Å²) in [5.41, 5.74) is -0.496. The van der Waals surface area contributed by atoms with Gasteiger partial charge < -0.3 is 39.8 Å². The summed E-state index contributed by atoms with van der Waals surface area (Å²) in [5, 5.41) is 9.70. The fourth-order valence-electron chi connectivity index (χ4n) is 5.43. The topological polar surface area (TPSA) is 192 Å². The Morgan fingerprint density at radius 3 is 1.98 bits per heavy atom. The molecule has 0 radical (unpaired) electrons. The van der Waals surface area contributed by atoms with Crippen LogP contribution in [0, 0.1) is 11.8 Å². The first-order chi connectivity index (χ1) is 25.6. The van der Waals surface area contributed by atoms with Gasteiger partial charge in [0.1, 0.15) is 35.0 Å². The Balaban J connectivity index is 2.35. The molecule has 0 spiro atoms. The van der Waals surface area contributed by atoms with E-state index in [0.29, 0.717) is 12.8 Å². The van der Waals surface area contributed by atoms with Crippen molar-refractivity contribution in [3.05, 3.63) is 52.0 Å². The highest BCUT2D eigenvalue weighted by atomic mass is 32.1. The van der Waals surface area contributed by atoms with Gasteiger partial charge in [0.25, 0.3) is 5.91 Å². The molecule has 0 saturated carbocycles. The minimum atomic E-state index is -1.04. The standard InChI is InChI=1S/C39H59N5O10S/c1-12-51-35(48)25(4)18-27(19-26-16-14-13-15-17-26)42-33(47)28-23-55-34(43-28)30(52-32(46)22-41-37(50)54-39(8,9)10)20-29(24(2)3)44(11)31(45)21-40-36(49)53-38(5,6)7/h13-17,23-25,27,29-30H,12,18-22H2,1-11H3,(H,40,49)(H,41,50)(H,42,47)/t25?,27-,29?,30?/m1/s1. The second kappa shape index (κ2) is 21.4. The number of carbonyl (C=O) groups is 6. The lowest BCUT2D eigenvalue weighted by molar-refractivity contribution is -0.150. The highest BCUT2D eigenvalue weighted by molar-refractivity contribution is 7.09. The number of aromatic nitrogens is 1. The van der Waals surface area contributed by atoms with Crippen LogP contribution < -0.4 is 16.0 Å². The van der Waals surface area contributed by atoms with Crippen molar-refractivity contribution in [1.29, 1.82) is 0 Å². The number of rotatable bonds is 18. The number of hydrogen-bond acceptors (Lipinski definition) is 12. The Kier molecular flexibility index (Phi) is 18.0. The second-order valence-corrected chi connectivity index (χ2v) is 16.5. The molecule has 16 heteroatoms. The number of benzene rings is 1. The van der Waals surface area contributed by atoms with Crippen LogP contribution in [0.4, 0.5) is 9.59 Å². The van der Waals surface area contributed by atoms with E-state index in [-0.39, 0.29) is 42.2 Å². The molecule has 0 aliphatic rings. The largest absolute Gasteiger partial charge is 0.466 e. The Bertz CT molecular complexity index is 1580. The van der Waals surface area contributed by atoms with E-state index in [1.54, 1.807) is 67.8 Å². The van der Waals surface area contributed by atoms with E-state index in [2.05, 4.69) is 20.9 Å². The first kappa shape index (κ1) is 46.4. The second-order valence-electron chi connectivity index (χ2n) is 15.6. The number of amides is 4. The van der Waals surface area contributed by atoms with Crippen LogP contribution in [0.15, 0.2) is 35.7 Å². The fourth-order valence-corrected chi connectivity index (χ4v) is 6.26. The van der Waals surface area contributed by atoms with Crippen molar-refractivity contribution in [2.45, 2.75) is 118 Å². The van der Waals surface area contributed by atoms with Crippen LogP contribution in [-0.4, -0.2) is 95.9 Å². The summed E-state index contributed by atoms with van der Waals surface area (Å²) in [6.07, 6.45) is -1.73. The fraction of sp³-hybridized carbons (Fsp3) is 0.615. The number of carbonyl (C=O) groups excluding carboxylic acids is 6. The number of thiazole rings is 1. The van der Waals surface area contributed by atoms with Gasteiger partial charge in [-0.3, -0.25) is 19.2 Å². The van der Waals surface area contributed by atoms with E-state index in [1.165, 1.54) is 4.90 Å². The Labute approximate surface area is 328 Å². The molecule has 0 saturated heterocycles. The van der Waals surface area contributed by atoms with E-state index in [4.69, 9.17) is 18.9 Å². The van der Waals surface area contributed by atoms with Crippen LogP contribution in [0.5, 0.6) is 0 Å². The summed E-state index contributed by atoms with van der Waals surface area (Å²) in [5.74, 6) is -2.69. The predicted molar refractivity (Wildman–Crippen MR) is 207 cm³/mol. The molecule has 306 valence electrons. The first-order valence-electron chi connectivity index (χ1n) is 18.4. The van der Waals surface area contributed by atoms with Crippen LogP contribution >= 0.6 is 11.3 Å². The number of alkyl carbamates (subject to hydrolysis) is 2. The average Bonchev–Trinajstić information content (AvgIpc) is 3.57. The Morgan fingerprint density at radius 2 is 1.44 bits per heavy atom. The van der Waals surface area contributed by atoms with Gasteiger partial charge in [-0.25, -0.2) is 14.6 Å². The minimum absolute atomic E-state index is 0.0712. The molecule has 15 nitrogen and oxygen atoms in total. The number of hydrogen-bond donors (Lipinski definition) is 3. The molecule has 4 atom stereocenters. The van der Waals surface area contributed by atoms with Crippen LogP contribution in [0.1, 0.15) is 109 Å². The number of ether oxygens (including phenoxy) is 4. The highest BCUT2D eigenvalue weighted by Gasteiger charge is 2.32. The third-order valence-corrected chi connectivity index (χ3v) is 8.90. The molecule has 4 amide bonds. The molecule has 3 unspecified atom stereocenters. The molecule has 1 aromatic carbocycles. The van der Waals surface area contributed by atoms with Gasteiger partial charge in [0.2, 0.25) is 5.91 Å². The number of likely N-dealkylation sites (N-methyl/N-ethyl adjacent to an activating group) is 1. The van der Waals surface area contributed by atoms with Crippen molar-refractivity contribution < 1.29 is 47.7 Å². The van der Waals surface area contributed by atoms with E-state index in [1.807, 2.05) is 44.2 Å². The molecule has 3 N–H and O–H groups in total. The predicted octanol–water partition coefficient (Wildman–Crippen LogP) is 5.58. The molecule has 0 aliphatic heterocycles. The van der Waals surface area contributed by atoms with Gasteiger partial charge in [-0.2, -0.15) is 0 Å². The van der Waals surface area contributed by atoms with E-state index in [0.717, 1.165) is 16.9 Å². The zero-order valence-corrected chi connectivity index (χ0v) is 34.8. The molecular formula is C39H59N5O10S. The summed E-state index contributed by atoms with van der Waals surface area (Å²) in [6, 6.07) is 8.60. The molecule has 1 aromatic heterocycles. The summed E-state index contributed by atoms with van der Waals surface area (Å²) in [6.45, 7) is 16.9. The van der Waals surface area contributed by atoms with Gasteiger partial charge in [0.05, 0.1) is 12.5 Å². The van der Waals surface area contributed by atoms with Gasteiger partial charge >= 0.3 is 24.1 Å². The minimum Gasteiger partial charge on any atom is -0.466 e. The maximum absolute atomic E-state index is 13.7. The first-order valence-corrected chi connectivity index (χ1v) is 19.3. The monoisotopic (exact) mass is 789 g/mol. The van der Waals surface area contributed by atoms with Crippen LogP contribution in [-0.2, 0) is 39.8 Å². The quantitative estimate of drug-likeness (QED) is 0.126. The van der Waals surface area contributed by atoms with Gasteiger partial charge in [-0.05, 0) is 72.8 Å². The van der Waals surface area contributed by atoms with Crippen LogP contribution in [0.2, 0.25) is 0 Å². The molecular weight excluding hydrogens is 731 g/mol. The lowest BCUT2D eigenvalue weighted by Crippen LogP contribution is -2.47. The highest BCUT2D eigenvalue weighted by Crippen LogP contribution is 2.30. The zero-order valence-electron chi connectivity index (χ0n) is 34.0. The smallest absolute Gasteiger partial charge is 0.408 e. The van der Waals surface area contributed by atoms with Gasteiger partial charge in [-0.1, -0.05) is 51.1 Å². The van der Waals surface area contributed by atoms with Crippen molar-refractivity contribution in [1.82, 2.24) is 25.8 Å². The van der Waals surface area contributed by atoms with Crippen LogP contribution in [0.25, 0.3) is 0 Å².